The minimum Gasteiger partial charge on any atom is -0.462 e. The fourth-order valence-corrected chi connectivity index (χ4v) is 1.63. The second-order valence-electron chi connectivity index (χ2n) is 3.95. The number of carbonyl (C=O) groups excluding carboxylic acids is 1. The molecule has 1 unspecified atom stereocenters. The van der Waals surface area contributed by atoms with Gasteiger partial charge in [-0.1, -0.05) is 13.3 Å². The lowest BCUT2D eigenvalue weighted by Gasteiger charge is -2.15. The molecule has 0 aromatic carbocycles. The van der Waals surface area contributed by atoms with Gasteiger partial charge in [0.15, 0.2) is 0 Å². The fraction of sp³-hybridized carbons (Fsp3) is 0.538. The summed E-state index contributed by atoms with van der Waals surface area (Å²) < 4.78 is 4.99. The predicted octanol–water partition coefficient (Wildman–Crippen LogP) is 2.86. The average Bonchev–Trinajstić information content (AvgIpc) is 2.30. The SMILES string of the molecule is CCCC(C)Nc1ncccc1C(=O)OCC. The zero-order valence-corrected chi connectivity index (χ0v) is 10.7. The molecule has 0 spiro atoms. The highest BCUT2D eigenvalue weighted by atomic mass is 16.5. The molecule has 0 amide bonds. The molecule has 0 bridgehead atoms. The van der Waals surface area contributed by atoms with Crippen LogP contribution in [-0.4, -0.2) is 23.6 Å². The van der Waals surface area contributed by atoms with Crippen LogP contribution in [-0.2, 0) is 4.74 Å². The van der Waals surface area contributed by atoms with Crippen LogP contribution < -0.4 is 5.32 Å². The van der Waals surface area contributed by atoms with Gasteiger partial charge in [-0.2, -0.15) is 0 Å². The molecule has 0 aliphatic heterocycles. The van der Waals surface area contributed by atoms with Crippen LogP contribution in [0.15, 0.2) is 18.3 Å². The third-order valence-corrected chi connectivity index (χ3v) is 2.41. The van der Waals surface area contributed by atoms with Crippen molar-refractivity contribution in [2.75, 3.05) is 11.9 Å². The summed E-state index contributed by atoms with van der Waals surface area (Å²) in [5.41, 5.74) is 0.498. The molecule has 4 heteroatoms. The van der Waals surface area contributed by atoms with E-state index in [0.717, 1.165) is 12.8 Å². The Morgan fingerprint density at radius 2 is 2.29 bits per heavy atom. The minimum atomic E-state index is -0.327. The van der Waals surface area contributed by atoms with Crippen LogP contribution in [0.3, 0.4) is 0 Å². The Hall–Kier alpha value is -1.58. The molecule has 0 radical (unpaired) electrons. The lowest BCUT2D eigenvalue weighted by molar-refractivity contribution is 0.0527. The highest BCUT2D eigenvalue weighted by Crippen LogP contribution is 2.15. The van der Waals surface area contributed by atoms with Gasteiger partial charge in [0, 0.05) is 12.2 Å². The lowest BCUT2D eigenvalue weighted by Crippen LogP contribution is -2.18. The number of rotatable bonds is 6. The number of anilines is 1. The molecule has 17 heavy (non-hydrogen) atoms. The van der Waals surface area contributed by atoms with E-state index < -0.39 is 0 Å². The number of ether oxygens (including phenoxy) is 1. The molecule has 0 saturated carbocycles. The minimum absolute atomic E-state index is 0.295. The van der Waals surface area contributed by atoms with E-state index in [-0.39, 0.29) is 5.97 Å². The Bertz CT molecular complexity index is 366. The van der Waals surface area contributed by atoms with E-state index >= 15 is 0 Å². The molecule has 0 fully saturated rings. The first-order valence-corrected chi connectivity index (χ1v) is 6.07. The van der Waals surface area contributed by atoms with E-state index in [1.165, 1.54) is 0 Å². The monoisotopic (exact) mass is 236 g/mol. The molecule has 1 aromatic heterocycles. The van der Waals surface area contributed by atoms with Crippen molar-refractivity contribution in [1.29, 1.82) is 0 Å². The van der Waals surface area contributed by atoms with Crippen molar-refractivity contribution >= 4 is 11.8 Å². The third-order valence-electron chi connectivity index (χ3n) is 2.41. The summed E-state index contributed by atoms with van der Waals surface area (Å²) in [6, 6.07) is 3.76. The molecule has 1 rings (SSSR count). The zero-order valence-electron chi connectivity index (χ0n) is 10.7. The first-order chi connectivity index (χ1) is 8.19. The van der Waals surface area contributed by atoms with Crippen LogP contribution in [0.1, 0.15) is 44.0 Å². The largest absolute Gasteiger partial charge is 0.462 e. The summed E-state index contributed by atoms with van der Waals surface area (Å²) in [6.45, 7) is 6.37. The smallest absolute Gasteiger partial charge is 0.341 e. The maximum Gasteiger partial charge on any atom is 0.341 e. The third kappa shape index (κ3) is 4.06. The van der Waals surface area contributed by atoms with Gasteiger partial charge in [-0.25, -0.2) is 9.78 Å². The van der Waals surface area contributed by atoms with E-state index in [9.17, 15) is 4.79 Å². The van der Waals surface area contributed by atoms with Crippen molar-refractivity contribution in [3.8, 4) is 0 Å². The van der Waals surface area contributed by atoms with Crippen molar-refractivity contribution < 1.29 is 9.53 Å². The van der Waals surface area contributed by atoms with Gasteiger partial charge in [0.25, 0.3) is 0 Å². The molecule has 1 N–H and O–H groups in total. The highest BCUT2D eigenvalue weighted by molar-refractivity contribution is 5.94. The molecule has 94 valence electrons. The molecule has 4 nitrogen and oxygen atoms in total. The number of hydrogen-bond acceptors (Lipinski definition) is 4. The van der Waals surface area contributed by atoms with Gasteiger partial charge in [0.1, 0.15) is 11.4 Å². The lowest BCUT2D eigenvalue weighted by atomic mass is 10.2. The Kier molecular flexibility index (Phi) is 5.46. The highest BCUT2D eigenvalue weighted by Gasteiger charge is 2.14. The van der Waals surface area contributed by atoms with Gasteiger partial charge < -0.3 is 10.1 Å². The van der Waals surface area contributed by atoms with Crippen LogP contribution in [0.25, 0.3) is 0 Å². The quantitative estimate of drug-likeness (QED) is 0.772. The summed E-state index contributed by atoms with van der Waals surface area (Å²) in [7, 11) is 0. The number of esters is 1. The fourth-order valence-electron chi connectivity index (χ4n) is 1.63. The van der Waals surface area contributed by atoms with Gasteiger partial charge in [0.05, 0.1) is 6.61 Å². The molecule has 0 aliphatic carbocycles. The predicted molar refractivity (Wildman–Crippen MR) is 68.2 cm³/mol. The summed E-state index contributed by atoms with van der Waals surface area (Å²) in [5.74, 6) is 0.277. The van der Waals surface area contributed by atoms with Crippen molar-refractivity contribution in [3.05, 3.63) is 23.9 Å². The topological polar surface area (TPSA) is 51.2 Å². The van der Waals surface area contributed by atoms with Crippen molar-refractivity contribution in [1.82, 2.24) is 4.98 Å². The van der Waals surface area contributed by atoms with Crippen LogP contribution in [0.4, 0.5) is 5.82 Å². The Labute approximate surface area is 102 Å². The normalized spacial score (nSPS) is 11.9. The van der Waals surface area contributed by atoms with Gasteiger partial charge >= 0.3 is 5.97 Å². The molecule has 0 aliphatic rings. The first-order valence-electron chi connectivity index (χ1n) is 6.07. The number of carbonyl (C=O) groups is 1. The average molecular weight is 236 g/mol. The van der Waals surface area contributed by atoms with Gasteiger partial charge in [0.2, 0.25) is 0 Å². The summed E-state index contributed by atoms with van der Waals surface area (Å²) in [5, 5.41) is 3.24. The number of nitrogens with zero attached hydrogens (tertiary/aromatic N) is 1. The van der Waals surface area contributed by atoms with E-state index in [1.54, 1.807) is 25.3 Å². The zero-order chi connectivity index (χ0) is 12.7. The molecule has 1 aromatic rings. The molecule has 1 heterocycles. The van der Waals surface area contributed by atoms with E-state index in [2.05, 4.69) is 24.1 Å². The standard InChI is InChI=1S/C13H20N2O2/c1-4-7-10(3)15-12-11(8-6-9-14-12)13(16)17-5-2/h6,8-10H,4-5,7H2,1-3H3,(H,14,15). The molecular formula is C13H20N2O2. The Balaban J connectivity index is 2.80. The molecule has 0 saturated heterocycles. The van der Waals surface area contributed by atoms with Gasteiger partial charge in [-0.05, 0) is 32.4 Å². The molecular weight excluding hydrogens is 216 g/mol. The van der Waals surface area contributed by atoms with Crippen LogP contribution in [0.5, 0.6) is 0 Å². The Morgan fingerprint density at radius 1 is 1.53 bits per heavy atom. The first kappa shape index (κ1) is 13.5. The van der Waals surface area contributed by atoms with E-state index in [1.807, 2.05) is 0 Å². The second kappa shape index (κ2) is 6.89. The van der Waals surface area contributed by atoms with Crippen LogP contribution in [0.2, 0.25) is 0 Å². The van der Waals surface area contributed by atoms with Crippen molar-refractivity contribution in [3.63, 3.8) is 0 Å². The summed E-state index contributed by atoms with van der Waals surface area (Å²) in [4.78, 5) is 15.9. The van der Waals surface area contributed by atoms with E-state index in [0.29, 0.717) is 24.0 Å². The van der Waals surface area contributed by atoms with Crippen LogP contribution >= 0.6 is 0 Å². The second-order valence-corrected chi connectivity index (χ2v) is 3.95. The summed E-state index contributed by atoms with van der Waals surface area (Å²) in [6.07, 6.45) is 3.80. The van der Waals surface area contributed by atoms with Gasteiger partial charge in [-0.3, -0.25) is 0 Å². The van der Waals surface area contributed by atoms with Crippen LogP contribution in [0, 0.1) is 0 Å². The van der Waals surface area contributed by atoms with Gasteiger partial charge in [-0.15, -0.1) is 0 Å². The number of pyridine rings is 1. The van der Waals surface area contributed by atoms with Crippen molar-refractivity contribution in [2.24, 2.45) is 0 Å². The number of hydrogen-bond donors (Lipinski definition) is 1. The number of aromatic nitrogens is 1. The Morgan fingerprint density at radius 3 is 2.94 bits per heavy atom. The number of nitrogens with one attached hydrogen (secondary N) is 1. The maximum absolute atomic E-state index is 11.7. The van der Waals surface area contributed by atoms with Crippen molar-refractivity contribution in [2.45, 2.75) is 39.7 Å². The van der Waals surface area contributed by atoms with E-state index in [4.69, 9.17) is 4.74 Å². The summed E-state index contributed by atoms with van der Waals surface area (Å²) >= 11 is 0. The molecule has 1 atom stereocenters. The maximum atomic E-state index is 11.7.